The molecule has 0 aliphatic rings. The minimum atomic E-state index is 0.553. The van der Waals surface area contributed by atoms with E-state index >= 15 is 0 Å². The molecule has 0 spiro atoms. The van der Waals surface area contributed by atoms with Crippen molar-refractivity contribution in [1.82, 2.24) is 19.8 Å². The molecule has 4 rings (SSSR count). The van der Waals surface area contributed by atoms with Gasteiger partial charge in [-0.3, -0.25) is 0 Å². The van der Waals surface area contributed by atoms with Crippen molar-refractivity contribution in [3.8, 4) is 27.8 Å². The fourth-order valence-corrected chi connectivity index (χ4v) is 4.40. The highest BCUT2D eigenvalue weighted by atomic mass is 32.2. The average Bonchev–Trinajstić information content (AvgIpc) is 3.33. The first-order valence-corrected chi connectivity index (χ1v) is 10.2. The Bertz CT molecular complexity index is 1070. The molecule has 2 heterocycles. The Kier molecular flexibility index (Phi) is 5.36. The molecule has 0 bridgehead atoms. The van der Waals surface area contributed by atoms with Crippen molar-refractivity contribution in [1.29, 1.82) is 0 Å². The van der Waals surface area contributed by atoms with Crippen molar-refractivity contribution in [2.45, 2.75) is 10.6 Å². The van der Waals surface area contributed by atoms with Crippen molar-refractivity contribution in [2.24, 2.45) is 0 Å². The van der Waals surface area contributed by atoms with Crippen molar-refractivity contribution >= 4 is 28.1 Å². The number of methoxy groups -OCH3 is 3. The minimum Gasteiger partial charge on any atom is -0.493 e. The molecule has 2 aromatic heterocycles. The number of hydrogen-bond acceptors (Lipinski definition) is 8. The van der Waals surface area contributed by atoms with Gasteiger partial charge in [0.25, 0.3) is 0 Å². The van der Waals surface area contributed by atoms with E-state index in [1.165, 1.54) is 16.2 Å². The second-order valence-corrected chi connectivity index (χ2v) is 7.74. The zero-order chi connectivity index (χ0) is 19.5. The van der Waals surface area contributed by atoms with Gasteiger partial charge in [0.1, 0.15) is 5.01 Å². The maximum absolute atomic E-state index is 5.44. The molecule has 0 radical (unpaired) electrons. The van der Waals surface area contributed by atoms with Gasteiger partial charge in [-0.05, 0) is 24.3 Å². The second-order valence-electron chi connectivity index (χ2n) is 5.73. The lowest BCUT2D eigenvalue weighted by Gasteiger charge is -2.13. The van der Waals surface area contributed by atoms with E-state index in [1.807, 2.05) is 30.3 Å². The van der Waals surface area contributed by atoms with Crippen LogP contribution in [0.1, 0.15) is 5.82 Å². The van der Waals surface area contributed by atoms with Crippen LogP contribution in [0, 0.1) is 0 Å². The molecule has 144 valence electrons. The van der Waals surface area contributed by atoms with Crippen LogP contribution in [0.2, 0.25) is 0 Å². The quantitative estimate of drug-likeness (QED) is 0.420. The monoisotopic (exact) mass is 414 g/mol. The number of fused-ring (bicyclic) bond motifs is 1. The fraction of sp³-hybridized carbons (Fsp3) is 0.211. The Hall–Kier alpha value is -2.78. The Morgan fingerprint density at radius 3 is 2.32 bits per heavy atom. The van der Waals surface area contributed by atoms with E-state index < -0.39 is 0 Å². The summed E-state index contributed by atoms with van der Waals surface area (Å²) in [5.74, 6) is 3.21. The summed E-state index contributed by atoms with van der Waals surface area (Å²) in [7, 11) is 4.77. The van der Waals surface area contributed by atoms with Crippen LogP contribution in [0.25, 0.3) is 15.5 Å². The molecule has 4 aromatic rings. The topological polar surface area (TPSA) is 70.8 Å². The lowest BCUT2D eigenvalue weighted by atomic mass is 10.2. The van der Waals surface area contributed by atoms with Gasteiger partial charge in [-0.2, -0.15) is 9.61 Å². The zero-order valence-corrected chi connectivity index (χ0v) is 17.2. The molecule has 2 aromatic carbocycles. The molecular weight excluding hydrogens is 396 g/mol. The van der Waals surface area contributed by atoms with Gasteiger partial charge in [-0.25, -0.2) is 0 Å². The molecule has 9 heteroatoms. The Morgan fingerprint density at radius 1 is 0.964 bits per heavy atom. The van der Waals surface area contributed by atoms with Gasteiger partial charge in [0.2, 0.25) is 10.7 Å². The maximum atomic E-state index is 5.44. The van der Waals surface area contributed by atoms with E-state index in [4.69, 9.17) is 19.3 Å². The molecule has 0 atom stereocenters. The van der Waals surface area contributed by atoms with Crippen LogP contribution in [0.3, 0.4) is 0 Å². The van der Waals surface area contributed by atoms with Crippen LogP contribution in [0.5, 0.6) is 17.2 Å². The predicted octanol–water partition coefficient (Wildman–Crippen LogP) is 4.17. The lowest BCUT2D eigenvalue weighted by Crippen LogP contribution is -1.96. The number of hydrogen-bond donors (Lipinski definition) is 0. The van der Waals surface area contributed by atoms with Gasteiger partial charge in [0, 0.05) is 10.5 Å². The van der Waals surface area contributed by atoms with Crippen LogP contribution in [0.15, 0.2) is 47.4 Å². The molecule has 7 nitrogen and oxygen atoms in total. The molecule has 0 amide bonds. The van der Waals surface area contributed by atoms with Crippen molar-refractivity contribution in [3.63, 3.8) is 0 Å². The normalized spacial score (nSPS) is 11.0. The molecule has 0 fully saturated rings. The number of ether oxygens (including phenoxy) is 3. The number of thioether (sulfide) groups is 1. The SMILES string of the molecule is COc1cc(-c2nn3c(CSc4ccccc4)nnc3s2)cc(OC)c1OC. The van der Waals surface area contributed by atoms with Crippen LogP contribution in [0.4, 0.5) is 0 Å². The first kappa shape index (κ1) is 18.6. The van der Waals surface area contributed by atoms with E-state index in [0.29, 0.717) is 23.0 Å². The Labute approximate surface area is 170 Å². The molecule has 0 aliphatic carbocycles. The van der Waals surface area contributed by atoms with Crippen molar-refractivity contribution in [2.75, 3.05) is 21.3 Å². The van der Waals surface area contributed by atoms with Gasteiger partial charge in [-0.1, -0.05) is 29.5 Å². The summed E-state index contributed by atoms with van der Waals surface area (Å²) < 4.78 is 18.1. The highest BCUT2D eigenvalue weighted by Crippen LogP contribution is 2.42. The molecule has 0 unspecified atom stereocenters. The Morgan fingerprint density at radius 2 is 1.68 bits per heavy atom. The van der Waals surface area contributed by atoms with E-state index in [-0.39, 0.29) is 0 Å². The fourth-order valence-electron chi connectivity index (χ4n) is 2.73. The standard InChI is InChI=1S/C19H18N4O3S2/c1-24-14-9-12(10-15(25-2)17(14)26-3)18-22-23-16(20-21-19(23)28-18)11-27-13-7-5-4-6-8-13/h4-10H,11H2,1-3H3. The Balaban J connectivity index is 1.66. The minimum absolute atomic E-state index is 0.553. The number of aromatic nitrogens is 4. The van der Waals surface area contributed by atoms with Gasteiger partial charge in [0.15, 0.2) is 17.3 Å². The summed E-state index contributed by atoms with van der Waals surface area (Å²) in [5.41, 5.74) is 0.867. The summed E-state index contributed by atoms with van der Waals surface area (Å²) >= 11 is 3.16. The third-order valence-corrected chi connectivity index (χ3v) is 6.03. The highest BCUT2D eigenvalue weighted by Gasteiger charge is 2.18. The number of nitrogens with zero attached hydrogens (tertiary/aromatic N) is 4. The first-order valence-electron chi connectivity index (χ1n) is 8.43. The van der Waals surface area contributed by atoms with Gasteiger partial charge in [-0.15, -0.1) is 22.0 Å². The van der Waals surface area contributed by atoms with E-state index in [0.717, 1.165) is 21.4 Å². The largest absolute Gasteiger partial charge is 0.493 e. The molecule has 0 aliphatic heterocycles. The van der Waals surface area contributed by atoms with Gasteiger partial charge >= 0.3 is 0 Å². The molecule has 0 saturated heterocycles. The maximum Gasteiger partial charge on any atom is 0.235 e. The second kappa shape index (κ2) is 8.07. The molecule has 0 N–H and O–H groups in total. The molecule has 0 saturated carbocycles. The van der Waals surface area contributed by atoms with E-state index in [9.17, 15) is 0 Å². The van der Waals surface area contributed by atoms with Crippen molar-refractivity contribution < 1.29 is 14.2 Å². The molecular formula is C19H18N4O3S2. The molecule has 28 heavy (non-hydrogen) atoms. The number of rotatable bonds is 7. The van der Waals surface area contributed by atoms with Gasteiger partial charge < -0.3 is 14.2 Å². The average molecular weight is 415 g/mol. The predicted molar refractivity (Wildman–Crippen MR) is 110 cm³/mol. The summed E-state index contributed by atoms with van der Waals surface area (Å²) in [5, 5.41) is 14.0. The van der Waals surface area contributed by atoms with Crippen LogP contribution < -0.4 is 14.2 Å². The third-order valence-electron chi connectivity index (χ3n) is 4.08. The highest BCUT2D eigenvalue weighted by molar-refractivity contribution is 7.98. The summed E-state index contributed by atoms with van der Waals surface area (Å²) in [4.78, 5) is 1.92. The summed E-state index contributed by atoms with van der Waals surface area (Å²) in [6.07, 6.45) is 0. The van der Waals surface area contributed by atoms with Crippen LogP contribution >= 0.6 is 23.1 Å². The zero-order valence-electron chi connectivity index (χ0n) is 15.6. The van der Waals surface area contributed by atoms with E-state index in [1.54, 1.807) is 37.6 Å². The van der Waals surface area contributed by atoms with Crippen LogP contribution in [-0.4, -0.2) is 41.1 Å². The van der Waals surface area contributed by atoms with Gasteiger partial charge in [0.05, 0.1) is 27.1 Å². The summed E-state index contributed by atoms with van der Waals surface area (Å²) in [6.45, 7) is 0. The summed E-state index contributed by atoms with van der Waals surface area (Å²) in [6, 6.07) is 14.0. The smallest absolute Gasteiger partial charge is 0.235 e. The third kappa shape index (κ3) is 3.50. The number of benzene rings is 2. The van der Waals surface area contributed by atoms with Crippen molar-refractivity contribution in [3.05, 3.63) is 48.3 Å². The van der Waals surface area contributed by atoms with Crippen LogP contribution in [-0.2, 0) is 5.75 Å². The van der Waals surface area contributed by atoms with E-state index in [2.05, 4.69) is 22.3 Å². The lowest BCUT2D eigenvalue weighted by molar-refractivity contribution is 0.324. The first-order chi connectivity index (χ1) is 13.7.